The van der Waals surface area contributed by atoms with Gasteiger partial charge in [-0.05, 0) is 61.5 Å². The van der Waals surface area contributed by atoms with E-state index in [1.807, 2.05) is 48.5 Å². The molecule has 0 unspecified atom stereocenters. The minimum Gasteiger partial charge on any atom is -0.497 e. The first-order chi connectivity index (χ1) is 15.1. The summed E-state index contributed by atoms with van der Waals surface area (Å²) in [6.45, 7) is 2.08. The monoisotopic (exact) mass is 417 g/mol. The maximum atomic E-state index is 12.4. The van der Waals surface area contributed by atoms with Crippen LogP contribution in [0, 0.1) is 0 Å². The van der Waals surface area contributed by atoms with Crippen LogP contribution in [0.15, 0.2) is 60.8 Å². The van der Waals surface area contributed by atoms with E-state index in [-0.39, 0.29) is 0 Å². The summed E-state index contributed by atoms with van der Waals surface area (Å²) < 4.78 is 15.7. The third-order valence-electron chi connectivity index (χ3n) is 4.93. The van der Waals surface area contributed by atoms with Crippen LogP contribution in [0.3, 0.4) is 0 Å². The Morgan fingerprint density at radius 1 is 0.871 bits per heavy atom. The number of imidazole rings is 1. The average Bonchev–Trinajstić information content (AvgIpc) is 3.47. The van der Waals surface area contributed by atoms with Gasteiger partial charge in [-0.15, -0.1) is 0 Å². The van der Waals surface area contributed by atoms with E-state index in [9.17, 15) is 4.79 Å². The molecular weight excluding hydrogens is 394 g/mol. The molecule has 7 heteroatoms. The molecule has 2 heterocycles. The lowest BCUT2D eigenvalue weighted by Crippen LogP contribution is -2.05. The quantitative estimate of drug-likeness (QED) is 0.416. The Labute approximate surface area is 180 Å². The summed E-state index contributed by atoms with van der Waals surface area (Å²) in [5, 5.41) is 0. The zero-order valence-electron chi connectivity index (χ0n) is 17.6. The van der Waals surface area contributed by atoms with E-state index in [2.05, 4.69) is 9.97 Å². The summed E-state index contributed by atoms with van der Waals surface area (Å²) in [6.07, 6.45) is 1.70. The number of nitrogens with zero attached hydrogens (tertiary/aromatic N) is 1. The molecule has 0 radical (unpaired) electrons. The zero-order chi connectivity index (χ0) is 21.8. The van der Waals surface area contributed by atoms with Gasteiger partial charge < -0.3 is 24.2 Å². The third kappa shape index (κ3) is 4.02. The highest BCUT2D eigenvalue weighted by Crippen LogP contribution is 2.35. The summed E-state index contributed by atoms with van der Waals surface area (Å²) in [5.41, 5.74) is 4.44. The van der Waals surface area contributed by atoms with Crippen LogP contribution in [-0.4, -0.2) is 41.7 Å². The van der Waals surface area contributed by atoms with Crippen molar-refractivity contribution in [1.29, 1.82) is 0 Å². The highest BCUT2D eigenvalue weighted by Gasteiger charge is 2.21. The van der Waals surface area contributed by atoms with Crippen LogP contribution in [0.4, 0.5) is 0 Å². The van der Waals surface area contributed by atoms with Gasteiger partial charge in [-0.2, -0.15) is 0 Å². The van der Waals surface area contributed by atoms with Crippen molar-refractivity contribution in [3.8, 4) is 45.5 Å². The number of hydrogen-bond donors (Lipinski definition) is 2. The lowest BCUT2D eigenvalue weighted by molar-refractivity contribution is 0.0527. The lowest BCUT2D eigenvalue weighted by Gasteiger charge is -2.06. The van der Waals surface area contributed by atoms with Crippen LogP contribution in [0.2, 0.25) is 0 Å². The first kappa shape index (κ1) is 20.3. The molecule has 158 valence electrons. The fraction of sp³-hybridized carbons (Fsp3) is 0.167. The first-order valence-electron chi connectivity index (χ1n) is 9.88. The number of rotatable bonds is 7. The molecule has 0 saturated heterocycles. The van der Waals surface area contributed by atoms with Crippen molar-refractivity contribution < 1.29 is 19.0 Å². The Hall–Kier alpha value is -4.00. The number of carbonyl (C=O) groups is 1. The van der Waals surface area contributed by atoms with Gasteiger partial charge >= 0.3 is 5.97 Å². The van der Waals surface area contributed by atoms with Crippen molar-refractivity contribution >= 4 is 5.97 Å². The number of H-pyrrole nitrogens is 2. The summed E-state index contributed by atoms with van der Waals surface area (Å²) in [6, 6.07) is 17.1. The van der Waals surface area contributed by atoms with Gasteiger partial charge in [-0.1, -0.05) is 0 Å². The van der Waals surface area contributed by atoms with E-state index >= 15 is 0 Å². The number of nitrogens with one attached hydrogen (secondary N) is 2. The van der Waals surface area contributed by atoms with E-state index < -0.39 is 5.97 Å². The number of ether oxygens (including phenoxy) is 3. The zero-order valence-corrected chi connectivity index (χ0v) is 17.6. The standard InChI is InChI=1S/C24H23N3O4/c1-4-31-24(28)19-13-14-25-22(19)23-26-20(15-5-9-17(29-2)10-6-15)21(27-23)16-7-11-18(30-3)12-8-16/h5-14,25H,4H2,1-3H3,(H,26,27). The molecule has 0 bridgehead atoms. The number of esters is 1. The molecule has 0 spiro atoms. The van der Waals surface area contributed by atoms with Crippen LogP contribution >= 0.6 is 0 Å². The minimum absolute atomic E-state index is 0.301. The molecular formula is C24H23N3O4. The van der Waals surface area contributed by atoms with Crippen LogP contribution in [0.5, 0.6) is 11.5 Å². The van der Waals surface area contributed by atoms with Crippen LogP contribution in [-0.2, 0) is 4.74 Å². The molecule has 0 aliphatic heterocycles. The summed E-state index contributed by atoms with van der Waals surface area (Å²) in [5.74, 6) is 1.68. The molecule has 7 nitrogen and oxygen atoms in total. The number of carbonyl (C=O) groups excluding carboxylic acids is 1. The van der Waals surface area contributed by atoms with Crippen LogP contribution in [0.1, 0.15) is 17.3 Å². The Morgan fingerprint density at radius 2 is 1.48 bits per heavy atom. The van der Waals surface area contributed by atoms with Gasteiger partial charge in [0.2, 0.25) is 0 Å². The van der Waals surface area contributed by atoms with E-state index in [1.54, 1.807) is 33.4 Å². The number of methoxy groups -OCH3 is 2. The van der Waals surface area contributed by atoms with E-state index in [1.165, 1.54) is 0 Å². The van der Waals surface area contributed by atoms with E-state index in [4.69, 9.17) is 19.2 Å². The maximum absolute atomic E-state index is 12.4. The topological polar surface area (TPSA) is 89.2 Å². The summed E-state index contributed by atoms with van der Waals surface area (Å²) in [4.78, 5) is 23.7. The van der Waals surface area contributed by atoms with Gasteiger partial charge in [-0.25, -0.2) is 9.78 Å². The van der Waals surface area contributed by atoms with Gasteiger partial charge in [0.05, 0.1) is 43.5 Å². The number of aromatic amines is 2. The molecule has 0 fully saturated rings. The Kier molecular flexibility index (Phi) is 5.75. The molecule has 0 aliphatic rings. The second-order valence-corrected chi connectivity index (χ2v) is 6.75. The number of aromatic nitrogens is 3. The van der Waals surface area contributed by atoms with Crippen molar-refractivity contribution in [3.05, 3.63) is 66.4 Å². The van der Waals surface area contributed by atoms with Gasteiger partial charge in [-0.3, -0.25) is 0 Å². The fourth-order valence-corrected chi connectivity index (χ4v) is 3.36. The SMILES string of the molecule is CCOC(=O)c1cc[nH]c1-c1nc(-c2ccc(OC)cc2)c(-c2ccc(OC)cc2)[nH]1. The van der Waals surface area contributed by atoms with E-state index in [0.29, 0.717) is 23.7 Å². The molecule has 0 atom stereocenters. The minimum atomic E-state index is -0.396. The molecule has 0 amide bonds. The second kappa shape index (κ2) is 8.79. The van der Waals surface area contributed by atoms with Crippen molar-refractivity contribution in [1.82, 2.24) is 15.0 Å². The highest BCUT2D eigenvalue weighted by molar-refractivity contribution is 5.96. The molecule has 2 aromatic carbocycles. The Bertz CT molecular complexity index is 1110. The Balaban J connectivity index is 1.84. The predicted octanol–water partition coefficient (Wildman–Crippen LogP) is 4.93. The van der Waals surface area contributed by atoms with Gasteiger partial charge in [0.25, 0.3) is 0 Å². The molecule has 0 aliphatic carbocycles. The van der Waals surface area contributed by atoms with Crippen molar-refractivity contribution in [2.75, 3.05) is 20.8 Å². The Morgan fingerprint density at radius 3 is 2.06 bits per heavy atom. The molecule has 0 saturated carbocycles. The summed E-state index contributed by atoms with van der Waals surface area (Å²) >= 11 is 0. The van der Waals surface area contributed by atoms with Crippen LogP contribution < -0.4 is 9.47 Å². The average molecular weight is 417 g/mol. The maximum Gasteiger partial charge on any atom is 0.340 e. The lowest BCUT2D eigenvalue weighted by atomic mass is 10.0. The predicted molar refractivity (Wildman–Crippen MR) is 118 cm³/mol. The molecule has 4 aromatic rings. The van der Waals surface area contributed by atoms with E-state index in [0.717, 1.165) is 34.0 Å². The van der Waals surface area contributed by atoms with Gasteiger partial charge in [0.1, 0.15) is 11.5 Å². The summed E-state index contributed by atoms with van der Waals surface area (Å²) in [7, 11) is 3.26. The third-order valence-corrected chi connectivity index (χ3v) is 4.93. The van der Waals surface area contributed by atoms with Crippen LogP contribution in [0.25, 0.3) is 34.0 Å². The molecule has 4 rings (SSSR count). The number of hydrogen-bond acceptors (Lipinski definition) is 5. The van der Waals surface area contributed by atoms with Crippen molar-refractivity contribution in [3.63, 3.8) is 0 Å². The first-order valence-corrected chi connectivity index (χ1v) is 9.88. The van der Waals surface area contributed by atoms with Gasteiger partial charge in [0, 0.05) is 17.3 Å². The van der Waals surface area contributed by atoms with Crippen molar-refractivity contribution in [2.24, 2.45) is 0 Å². The largest absolute Gasteiger partial charge is 0.497 e. The normalized spacial score (nSPS) is 10.7. The highest BCUT2D eigenvalue weighted by atomic mass is 16.5. The molecule has 2 aromatic heterocycles. The fourth-order valence-electron chi connectivity index (χ4n) is 3.36. The molecule has 2 N–H and O–H groups in total. The number of benzene rings is 2. The smallest absolute Gasteiger partial charge is 0.340 e. The molecule has 31 heavy (non-hydrogen) atoms. The second-order valence-electron chi connectivity index (χ2n) is 6.75. The van der Waals surface area contributed by atoms with Crippen molar-refractivity contribution in [2.45, 2.75) is 6.92 Å². The van der Waals surface area contributed by atoms with Gasteiger partial charge in [0.15, 0.2) is 5.82 Å².